The second-order valence-electron chi connectivity index (χ2n) is 7.54. The van der Waals surface area contributed by atoms with Crippen LogP contribution in [-0.4, -0.2) is 50.3 Å². The number of para-hydroxylation sites is 1. The van der Waals surface area contributed by atoms with Crippen LogP contribution >= 0.6 is 0 Å². The minimum Gasteiger partial charge on any atom is -0.360 e. The van der Waals surface area contributed by atoms with Gasteiger partial charge in [0.1, 0.15) is 5.76 Å². The Kier molecular flexibility index (Phi) is 5.00. The summed E-state index contributed by atoms with van der Waals surface area (Å²) >= 11 is 0. The predicted molar refractivity (Wildman–Crippen MR) is 105 cm³/mol. The molecule has 0 bridgehead atoms. The van der Waals surface area contributed by atoms with Crippen LogP contribution in [0.15, 0.2) is 47.2 Å². The topological polar surface area (TPSA) is 67.4 Å². The Morgan fingerprint density at radius 3 is 2.82 bits per heavy atom. The molecule has 0 aliphatic carbocycles. The summed E-state index contributed by atoms with van der Waals surface area (Å²) < 4.78 is 7.27. The SMILES string of the molecule is CC(C)N1CCc2onc(C(=O)N(C)Cc3cnn(-c4ccccc4)c3)c2C1. The monoisotopic (exact) mass is 379 g/mol. The van der Waals surface area contributed by atoms with Crippen LogP contribution in [0.3, 0.4) is 0 Å². The van der Waals surface area contributed by atoms with Gasteiger partial charge in [-0.15, -0.1) is 0 Å². The molecule has 0 saturated carbocycles. The summed E-state index contributed by atoms with van der Waals surface area (Å²) in [7, 11) is 1.78. The third-order valence-electron chi connectivity index (χ3n) is 5.21. The highest BCUT2D eigenvalue weighted by molar-refractivity contribution is 5.93. The minimum atomic E-state index is -0.122. The molecule has 0 saturated heterocycles. The van der Waals surface area contributed by atoms with Gasteiger partial charge < -0.3 is 9.42 Å². The summed E-state index contributed by atoms with van der Waals surface area (Å²) in [5.74, 6) is 0.716. The molecule has 1 aliphatic rings. The average Bonchev–Trinajstić information content (AvgIpc) is 3.34. The van der Waals surface area contributed by atoms with Crippen molar-refractivity contribution in [3.05, 3.63) is 65.3 Å². The normalized spacial score (nSPS) is 14.3. The Balaban J connectivity index is 1.48. The standard InChI is InChI=1S/C21H25N5O2/c1-15(2)25-10-9-19-18(14-25)20(23-28-19)21(27)24(3)12-16-11-22-26(13-16)17-7-5-4-6-8-17/h4-8,11,13,15H,9-10,12,14H2,1-3H3. The molecule has 1 aromatic carbocycles. The second-order valence-corrected chi connectivity index (χ2v) is 7.54. The molecule has 0 unspecified atom stereocenters. The summed E-state index contributed by atoms with van der Waals surface area (Å²) in [5.41, 5.74) is 3.30. The zero-order chi connectivity index (χ0) is 19.7. The minimum absolute atomic E-state index is 0.122. The van der Waals surface area contributed by atoms with E-state index < -0.39 is 0 Å². The van der Waals surface area contributed by atoms with E-state index in [-0.39, 0.29) is 5.91 Å². The molecular formula is C21H25N5O2. The lowest BCUT2D eigenvalue weighted by molar-refractivity contribution is 0.0772. The largest absolute Gasteiger partial charge is 0.360 e. The van der Waals surface area contributed by atoms with Crippen molar-refractivity contribution in [2.24, 2.45) is 0 Å². The van der Waals surface area contributed by atoms with Gasteiger partial charge in [-0.05, 0) is 26.0 Å². The molecule has 7 heteroatoms. The third kappa shape index (κ3) is 3.57. The molecule has 28 heavy (non-hydrogen) atoms. The van der Waals surface area contributed by atoms with Crippen LogP contribution < -0.4 is 0 Å². The van der Waals surface area contributed by atoms with Gasteiger partial charge in [0.05, 0.1) is 11.9 Å². The van der Waals surface area contributed by atoms with Crippen LogP contribution in [0.4, 0.5) is 0 Å². The van der Waals surface area contributed by atoms with Crippen molar-refractivity contribution in [2.75, 3.05) is 13.6 Å². The van der Waals surface area contributed by atoms with E-state index in [4.69, 9.17) is 4.52 Å². The number of fused-ring (bicyclic) bond motifs is 1. The van der Waals surface area contributed by atoms with Crippen molar-refractivity contribution in [3.63, 3.8) is 0 Å². The molecule has 1 amide bonds. The van der Waals surface area contributed by atoms with Crippen molar-refractivity contribution < 1.29 is 9.32 Å². The van der Waals surface area contributed by atoms with Gasteiger partial charge in [0.25, 0.3) is 5.91 Å². The van der Waals surface area contributed by atoms with E-state index in [2.05, 4.69) is 29.0 Å². The van der Waals surface area contributed by atoms with Crippen molar-refractivity contribution >= 4 is 5.91 Å². The van der Waals surface area contributed by atoms with Crippen LogP contribution in [0.25, 0.3) is 5.69 Å². The Morgan fingerprint density at radius 1 is 1.29 bits per heavy atom. The fourth-order valence-corrected chi connectivity index (χ4v) is 3.53. The molecule has 4 rings (SSSR count). The zero-order valence-electron chi connectivity index (χ0n) is 16.5. The summed E-state index contributed by atoms with van der Waals surface area (Å²) in [6.07, 6.45) is 4.52. The maximum Gasteiger partial charge on any atom is 0.276 e. The van der Waals surface area contributed by atoms with Gasteiger partial charge >= 0.3 is 0 Å². The van der Waals surface area contributed by atoms with E-state index in [1.54, 1.807) is 18.1 Å². The van der Waals surface area contributed by atoms with Crippen molar-refractivity contribution in [1.29, 1.82) is 0 Å². The van der Waals surface area contributed by atoms with Crippen molar-refractivity contribution in [1.82, 2.24) is 24.7 Å². The molecule has 0 fully saturated rings. The van der Waals surface area contributed by atoms with Crippen LogP contribution in [0.1, 0.15) is 41.2 Å². The van der Waals surface area contributed by atoms with Gasteiger partial charge in [-0.3, -0.25) is 9.69 Å². The number of hydrogen-bond acceptors (Lipinski definition) is 5. The first kappa shape index (κ1) is 18.4. The quantitative estimate of drug-likeness (QED) is 0.682. The molecular weight excluding hydrogens is 354 g/mol. The number of benzene rings is 1. The van der Waals surface area contributed by atoms with Gasteiger partial charge in [0, 0.05) is 56.5 Å². The van der Waals surface area contributed by atoms with Gasteiger partial charge in [-0.25, -0.2) is 4.68 Å². The van der Waals surface area contributed by atoms with Crippen LogP contribution in [0.5, 0.6) is 0 Å². The first-order chi connectivity index (χ1) is 13.5. The van der Waals surface area contributed by atoms with Gasteiger partial charge in [0.15, 0.2) is 5.69 Å². The lowest BCUT2D eigenvalue weighted by Gasteiger charge is -2.29. The van der Waals surface area contributed by atoms with Gasteiger partial charge in [-0.2, -0.15) is 5.10 Å². The maximum atomic E-state index is 13.0. The highest BCUT2D eigenvalue weighted by Gasteiger charge is 2.29. The first-order valence-corrected chi connectivity index (χ1v) is 9.59. The highest BCUT2D eigenvalue weighted by atomic mass is 16.5. The molecule has 3 heterocycles. The number of aromatic nitrogens is 3. The van der Waals surface area contributed by atoms with Crippen LogP contribution in [0, 0.1) is 0 Å². The van der Waals surface area contributed by atoms with E-state index >= 15 is 0 Å². The smallest absolute Gasteiger partial charge is 0.276 e. The second kappa shape index (κ2) is 7.59. The lowest BCUT2D eigenvalue weighted by Crippen LogP contribution is -2.36. The first-order valence-electron chi connectivity index (χ1n) is 9.59. The molecule has 0 N–H and O–H groups in total. The summed E-state index contributed by atoms with van der Waals surface area (Å²) in [6, 6.07) is 10.3. The van der Waals surface area contributed by atoms with Crippen molar-refractivity contribution in [2.45, 2.75) is 39.4 Å². The Morgan fingerprint density at radius 2 is 2.07 bits per heavy atom. The molecule has 0 radical (unpaired) electrons. The molecule has 1 aliphatic heterocycles. The summed E-state index contributed by atoms with van der Waals surface area (Å²) in [6.45, 7) is 6.42. The Labute approximate surface area is 164 Å². The maximum absolute atomic E-state index is 13.0. The number of hydrogen-bond donors (Lipinski definition) is 0. The Hall–Kier alpha value is -2.93. The van der Waals surface area contributed by atoms with E-state index in [0.29, 0.717) is 24.8 Å². The van der Waals surface area contributed by atoms with Crippen LogP contribution in [-0.2, 0) is 19.5 Å². The van der Waals surface area contributed by atoms with E-state index in [0.717, 1.165) is 35.5 Å². The Bertz CT molecular complexity index is 960. The van der Waals surface area contributed by atoms with E-state index in [1.807, 2.05) is 41.2 Å². The third-order valence-corrected chi connectivity index (χ3v) is 5.21. The van der Waals surface area contributed by atoms with Crippen molar-refractivity contribution in [3.8, 4) is 5.69 Å². The molecule has 0 spiro atoms. The number of nitrogens with zero attached hydrogens (tertiary/aromatic N) is 5. The molecule has 2 aromatic heterocycles. The fourth-order valence-electron chi connectivity index (χ4n) is 3.53. The average molecular weight is 379 g/mol. The van der Waals surface area contributed by atoms with Crippen LogP contribution in [0.2, 0.25) is 0 Å². The number of amides is 1. The predicted octanol–water partition coefficient (Wildman–Crippen LogP) is 2.90. The fraction of sp³-hybridized carbons (Fsp3) is 0.381. The molecule has 146 valence electrons. The lowest BCUT2D eigenvalue weighted by atomic mass is 10.0. The van der Waals surface area contributed by atoms with E-state index in [9.17, 15) is 4.79 Å². The zero-order valence-corrected chi connectivity index (χ0v) is 16.5. The molecule has 0 atom stereocenters. The number of carbonyl (C=O) groups is 1. The van der Waals surface area contributed by atoms with Gasteiger partial charge in [0.2, 0.25) is 0 Å². The van der Waals surface area contributed by atoms with Gasteiger partial charge in [-0.1, -0.05) is 23.4 Å². The summed E-state index contributed by atoms with van der Waals surface area (Å²) in [4.78, 5) is 17.0. The number of rotatable bonds is 5. The molecule has 7 nitrogen and oxygen atoms in total. The summed E-state index contributed by atoms with van der Waals surface area (Å²) in [5, 5.41) is 8.49. The molecule has 3 aromatic rings. The number of carbonyl (C=O) groups excluding carboxylic acids is 1. The van der Waals surface area contributed by atoms with E-state index in [1.165, 1.54) is 0 Å². The highest BCUT2D eigenvalue weighted by Crippen LogP contribution is 2.25.